The van der Waals surface area contributed by atoms with E-state index in [0.717, 1.165) is 138 Å². The molecule has 77 heavy (non-hydrogen) atoms. The van der Waals surface area contributed by atoms with E-state index in [1.165, 1.54) is 0 Å². The minimum Gasteiger partial charge on any atom is -0.310 e. The molecule has 0 aliphatic rings. The highest BCUT2D eigenvalue weighted by Gasteiger charge is 2.32. The summed E-state index contributed by atoms with van der Waals surface area (Å²) < 4.78 is 9.78. The lowest BCUT2D eigenvalue weighted by Gasteiger charge is -2.27. The summed E-state index contributed by atoms with van der Waals surface area (Å²) in [6.45, 7) is 0. The van der Waals surface area contributed by atoms with Gasteiger partial charge < -0.3 is 14.0 Å². The molecule has 0 fully saturated rings. The Bertz CT molecular complexity index is 4790. The molecule has 0 amide bonds. The fourth-order valence-corrected chi connectivity index (χ4v) is 12.5. The maximum absolute atomic E-state index is 6.39. The molecular weight excluding hydrogens is 939 g/mol. The monoisotopic (exact) mass is 983 g/mol. The van der Waals surface area contributed by atoms with Gasteiger partial charge in [0.25, 0.3) is 0 Å². The first-order valence-electron chi connectivity index (χ1n) is 26.2. The molecule has 0 N–H and O–H groups in total. The van der Waals surface area contributed by atoms with Gasteiger partial charge in [-0.25, -0.2) is 4.98 Å². The van der Waals surface area contributed by atoms with Crippen LogP contribution in [0.3, 0.4) is 0 Å². The second-order valence-electron chi connectivity index (χ2n) is 19.7. The number of aromatic nitrogens is 6. The van der Waals surface area contributed by atoms with Crippen molar-refractivity contribution in [3.05, 3.63) is 273 Å². The van der Waals surface area contributed by atoms with Crippen molar-refractivity contribution in [2.45, 2.75) is 0 Å². The van der Waals surface area contributed by atoms with Gasteiger partial charge in [0.1, 0.15) is 11.4 Å². The molecule has 0 atom stereocenters. The number of pyridine rings is 2. The topological polar surface area (TPSA) is 48.7 Å². The van der Waals surface area contributed by atoms with E-state index in [9.17, 15) is 0 Å². The number of hydrogen-bond donors (Lipinski definition) is 0. The number of hydrogen-bond acceptors (Lipinski definition) is 3. The quantitative estimate of drug-likeness (QED) is 0.152. The fourth-order valence-electron chi connectivity index (χ4n) is 12.5. The molecule has 0 unspecified atom stereocenters. The second kappa shape index (κ2) is 17.0. The number of nitrogens with zero attached hydrogens (tertiary/aromatic N) is 7. The minimum absolute atomic E-state index is 0.777. The second-order valence-corrected chi connectivity index (χ2v) is 19.7. The highest BCUT2D eigenvalue weighted by molar-refractivity contribution is 6.16. The lowest BCUT2D eigenvalue weighted by Crippen LogP contribution is -2.16. The minimum atomic E-state index is 0.777. The van der Waals surface area contributed by atoms with Gasteiger partial charge in [0.15, 0.2) is 11.6 Å². The van der Waals surface area contributed by atoms with Gasteiger partial charge in [0.05, 0.1) is 44.1 Å². The highest BCUT2D eigenvalue weighted by Crippen LogP contribution is 2.49. The van der Waals surface area contributed by atoms with Crippen LogP contribution in [0.5, 0.6) is 0 Å². The van der Waals surface area contributed by atoms with Crippen molar-refractivity contribution < 1.29 is 0 Å². The largest absolute Gasteiger partial charge is 0.310 e. The van der Waals surface area contributed by atoms with Crippen LogP contribution in [0.2, 0.25) is 0 Å². The Morgan fingerprint density at radius 2 is 0.610 bits per heavy atom. The zero-order chi connectivity index (χ0) is 50.6. The molecule has 7 nitrogen and oxygen atoms in total. The SMILES string of the molecule is c1ccc(N(c2ccccc2)c2ccc3c(c2)c2ccccc2n3-c2nc(-n3c4ccccc4c4ccccc43)c(-n3c4ccccc4c4ccccc43)c(-c3cccnc3)c2-n2c3ccccc3c3ccccc32)cc1. The average molecular weight is 984 g/mol. The molecule has 0 saturated carbocycles. The summed E-state index contributed by atoms with van der Waals surface area (Å²) in [7, 11) is 0. The first kappa shape index (κ1) is 43.0. The molecule has 0 bridgehead atoms. The summed E-state index contributed by atoms with van der Waals surface area (Å²) in [6, 6.07) is 94.1. The van der Waals surface area contributed by atoms with Crippen molar-refractivity contribution in [2.75, 3.05) is 4.90 Å². The van der Waals surface area contributed by atoms with E-state index in [2.05, 4.69) is 284 Å². The third kappa shape index (κ3) is 6.38. The van der Waals surface area contributed by atoms with Crippen molar-refractivity contribution >= 4 is 104 Å². The van der Waals surface area contributed by atoms with Gasteiger partial charge in [-0.1, -0.05) is 170 Å². The Hall–Kier alpha value is -10.5. The normalized spacial score (nSPS) is 11.9. The van der Waals surface area contributed by atoms with E-state index < -0.39 is 0 Å². The van der Waals surface area contributed by atoms with Crippen LogP contribution >= 0.6 is 0 Å². The molecule has 6 aromatic heterocycles. The van der Waals surface area contributed by atoms with Crippen molar-refractivity contribution in [3.8, 4) is 34.1 Å². The standard InChI is InChI=1S/C70H45N7/c1-3-23-47(24-4-1)73(48-25-5-2-6-26-48)49-41-42-65-57(44-49)56-33-13-20-40-64(56)77(65)70-68(75-60-36-16-9-29-52(60)53-30-10-17-37-61(53)75)66(46-22-21-43-71-45-46)67(74-58-34-14-7-27-50(58)51-28-8-15-35-59(51)74)69(72-70)76-62-38-18-11-31-54(62)55-32-12-19-39-63(55)76/h1-45H. The third-order valence-electron chi connectivity index (χ3n) is 15.6. The Kier molecular flexibility index (Phi) is 9.50. The Labute approximate surface area is 442 Å². The number of rotatable bonds is 8. The van der Waals surface area contributed by atoms with Crippen LogP contribution in [-0.2, 0) is 0 Å². The van der Waals surface area contributed by atoms with Crippen LogP contribution in [0, 0.1) is 0 Å². The van der Waals surface area contributed by atoms with E-state index in [4.69, 9.17) is 9.97 Å². The Morgan fingerprint density at radius 3 is 0.987 bits per heavy atom. The van der Waals surface area contributed by atoms with Crippen molar-refractivity contribution in [1.29, 1.82) is 0 Å². The molecule has 16 rings (SSSR count). The van der Waals surface area contributed by atoms with Gasteiger partial charge in [-0.05, 0) is 91.0 Å². The number of anilines is 3. The van der Waals surface area contributed by atoms with Crippen molar-refractivity contribution in [2.24, 2.45) is 0 Å². The van der Waals surface area contributed by atoms with E-state index in [-0.39, 0.29) is 0 Å². The van der Waals surface area contributed by atoms with Crippen molar-refractivity contribution in [3.63, 3.8) is 0 Å². The number of fused-ring (bicyclic) bond motifs is 12. The first-order chi connectivity index (χ1) is 38.3. The Balaban J connectivity index is 1.15. The summed E-state index contributed by atoms with van der Waals surface area (Å²) in [5.41, 5.74) is 15.5. The van der Waals surface area contributed by atoms with Crippen LogP contribution < -0.4 is 4.90 Å². The predicted molar refractivity (Wildman–Crippen MR) is 320 cm³/mol. The summed E-state index contributed by atoms with van der Waals surface area (Å²) in [4.78, 5) is 13.7. The molecule has 0 radical (unpaired) electrons. The molecule has 0 saturated heterocycles. The lowest BCUT2D eigenvalue weighted by atomic mass is 10.0. The van der Waals surface area contributed by atoms with Gasteiger partial charge in [-0.15, -0.1) is 0 Å². The van der Waals surface area contributed by atoms with E-state index >= 15 is 0 Å². The highest BCUT2D eigenvalue weighted by atomic mass is 15.2. The molecule has 0 spiro atoms. The molecule has 0 aliphatic heterocycles. The zero-order valence-corrected chi connectivity index (χ0v) is 41.6. The van der Waals surface area contributed by atoms with Gasteiger partial charge in [0.2, 0.25) is 0 Å². The maximum Gasteiger partial charge on any atom is 0.165 e. The van der Waals surface area contributed by atoms with Crippen LogP contribution in [0.15, 0.2) is 273 Å². The number of benzene rings is 10. The Morgan fingerprint density at radius 1 is 0.273 bits per heavy atom. The molecule has 360 valence electrons. The smallest absolute Gasteiger partial charge is 0.165 e. The molecule has 10 aromatic carbocycles. The molecule has 7 heteroatoms. The van der Waals surface area contributed by atoms with E-state index in [1.807, 2.05) is 12.4 Å². The fraction of sp³-hybridized carbons (Fsp3) is 0. The summed E-state index contributed by atoms with van der Waals surface area (Å²) >= 11 is 0. The lowest BCUT2D eigenvalue weighted by molar-refractivity contribution is 0.960. The number of para-hydroxylation sites is 9. The third-order valence-corrected chi connectivity index (χ3v) is 15.6. The van der Waals surface area contributed by atoms with E-state index in [0.29, 0.717) is 0 Å². The van der Waals surface area contributed by atoms with Crippen LogP contribution in [0.1, 0.15) is 0 Å². The maximum atomic E-state index is 6.39. The predicted octanol–water partition coefficient (Wildman–Crippen LogP) is 18.0. The zero-order valence-electron chi connectivity index (χ0n) is 41.6. The molecule has 6 heterocycles. The van der Waals surface area contributed by atoms with E-state index in [1.54, 1.807) is 0 Å². The van der Waals surface area contributed by atoms with Crippen LogP contribution in [0.25, 0.3) is 121 Å². The van der Waals surface area contributed by atoms with Crippen LogP contribution in [0.4, 0.5) is 17.1 Å². The molecule has 0 aliphatic carbocycles. The van der Waals surface area contributed by atoms with Gasteiger partial charge >= 0.3 is 0 Å². The summed E-state index contributed by atoms with van der Waals surface area (Å²) in [6.07, 6.45) is 3.90. The van der Waals surface area contributed by atoms with Crippen molar-refractivity contribution in [1.82, 2.24) is 28.2 Å². The molecular formula is C70H45N7. The first-order valence-corrected chi connectivity index (χ1v) is 26.2. The van der Waals surface area contributed by atoms with Crippen LogP contribution in [-0.4, -0.2) is 28.2 Å². The molecule has 16 aromatic rings. The summed E-state index contributed by atoms with van der Waals surface area (Å²) in [5, 5.41) is 9.17. The van der Waals surface area contributed by atoms with Gasteiger partial charge in [0, 0.05) is 83.7 Å². The average Bonchev–Trinajstić information content (AvgIpc) is 4.43. The van der Waals surface area contributed by atoms with Gasteiger partial charge in [-0.3, -0.25) is 14.1 Å². The van der Waals surface area contributed by atoms with Gasteiger partial charge in [-0.2, -0.15) is 0 Å². The summed E-state index contributed by atoms with van der Waals surface area (Å²) in [5.74, 6) is 1.56.